The van der Waals surface area contributed by atoms with Crippen LogP contribution >= 0.6 is 0 Å². The quantitative estimate of drug-likeness (QED) is 0.313. The summed E-state index contributed by atoms with van der Waals surface area (Å²) in [7, 11) is -1.04. The van der Waals surface area contributed by atoms with Gasteiger partial charge in [-0.1, -0.05) is 27.7 Å². The van der Waals surface area contributed by atoms with Crippen molar-refractivity contribution in [3.05, 3.63) is 0 Å². The summed E-state index contributed by atoms with van der Waals surface area (Å²) in [5, 5.41) is 0. The van der Waals surface area contributed by atoms with Crippen LogP contribution in [0.15, 0.2) is 0 Å². The van der Waals surface area contributed by atoms with E-state index in [0.29, 0.717) is 13.2 Å². The van der Waals surface area contributed by atoms with Crippen molar-refractivity contribution in [3.8, 4) is 0 Å². The van der Waals surface area contributed by atoms with Crippen LogP contribution in [0, 0.1) is 10.8 Å². The lowest BCUT2D eigenvalue weighted by atomic mass is 9.94. The molecular weight excluding hydrogens is 464 g/mol. The molecule has 0 heterocycles. The third-order valence-electron chi connectivity index (χ3n) is 5.71. The van der Waals surface area contributed by atoms with Crippen molar-refractivity contribution < 1.29 is 26.3 Å². The van der Waals surface area contributed by atoms with Crippen LogP contribution in [0.2, 0.25) is 0 Å². The second-order valence-corrected chi connectivity index (χ2v) is 16.7. The van der Waals surface area contributed by atoms with Crippen molar-refractivity contribution in [2.45, 2.75) is 73.0 Å². The van der Waals surface area contributed by atoms with Crippen molar-refractivity contribution in [1.29, 1.82) is 0 Å². The van der Waals surface area contributed by atoms with Crippen molar-refractivity contribution in [3.63, 3.8) is 0 Å². The van der Waals surface area contributed by atoms with Crippen LogP contribution in [0.1, 0.15) is 61.8 Å². The monoisotopic (exact) mass is 514 g/mol. The number of rotatable bonds is 16. The zero-order valence-corrected chi connectivity index (χ0v) is 24.7. The molecule has 0 saturated heterocycles. The van der Waals surface area contributed by atoms with Crippen LogP contribution in [0.25, 0.3) is 0 Å². The summed E-state index contributed by atoms with van der Waals surface area (Å²) in [5.74, 6) is -0.0766. The maximum Gasteiger partial charge on any atom is 0.216 e. The highest BCUT2D eigenvalue weighted by Crippen LogP contribution is 2.24. The molecule has 8 nitrogen and oxygen atoms in total. The molecule has 0 spiro atoms. The summed E-state index contributed by atoms with van der Waals surface area (Å²) in [4.78, 5) is 2.13. The predicted octanol–water partition coefficient (Wildman–Crippen LogP) is 2.89. The van der Waals surface area contributed by atoms with E-state index in [4.69, 9.17) is 9.47 Å². The fourth-order valence-corrected chi connectivity index (χ4v) is 6.72. The Kier molecular flexibility index (Phi) is 11.6. The van der Waals surface area contributed by atoms with E-state index >= 15 is 0 Å². The van der Waals surface area contributed by atoms with Gasteiger partial charge in [-0.3, -0.25) is 0 Å². The van der Waals surface area contributed by atoms with Gasteiger partial charge in [0.15, 0.2) is 0 Å². The maximum absolute atomic E-state index is 13.0. The molecule has 0 rings (SSSR count). The average molecular weight is 515 g/mol. The zero-order valence-electron chi connectivity index (χ0n) is 23.1. The Morgan fingerprint density at radius 2 is 1.24 bits per heavy atom. The van der Waals surface area contributed by atoms with Gasteiger partial charge < -0.3 is 14.4 Å². The molecule has 0 aliphatic rings. The van der Waals surface area contributed by atoms with E-state index in [1.54, 1.807) is 20.9 Å². The van der Waals surface area contributed by atoms with Gasteiger partial charge >= 0.3 is 0 Å². The second kappa shape index (κ2) is 11.6. The minimum atomic E-state index is -3.55. The van der Waals surface area contributed by atoms with Crippen molar-refractivity contribution in [1.82, 2.24) is 9.21 Å². The first-order chi connectivity index (χ1) is 14.4. The van der Waals surface area contributed by atoms with Gasteiger partial charge in [0.05, 0.1) is 30.3 Å². The standard InChI is InChI=1S/C23H50N2O6S2/c1-20(2,16-30-17-21(3,4)18-32(12,26)27)15-25(11)33(28,29)19-23(7,8)31-14-13-22(5,6)24(9)10/h13-19H2,1-12H3. The fraction of sp³-hybridized carbons (Fsp3) is 1.00. The van der Waals surface area contributed by atoms with E-state index in [9.17, 15) is 16.8 Å². The molecule has 0 unspecified atom stereocenters. The summed E-state index contributed by atoms with van der Waals surface area (Å²) in [6, 6.07) is 0. The third-order valence-corrected chi connectivity index (χ3v) is 9.16. The Morgan fingerprint density at radius 3 is 1.70 bits per heavy atom. The third kappa shape index (κ3) is 14.0. The van der Waals surface area contributed by atoms with Crippen LogP contribution < -0.4 is 0 Å². The Bertz CT molecular complexity index is 816. The summed E-state index contributed by atoms with van der Waals surface area (Å²) in [5.41, 5.74) is -1.80. The normalized spacial score (nSPS) is 15.0. The van der Waals surface area contributed by atoms with Gasteiger partial charge in [-0.05, 0) is 48.2 Å². The smallest absolute Gasteiger partial charge is 0.216 e. The number of hydrogen-bond acceptors (Lipinski definition) is 7. The number of ether oxygens (including phenoxy) is 2. The van der Waals surface area contributed by atoms with Gasteiger partial charge in [-0.25, -0.2) is 21.1 Å². The van der Waals surface area contributed by atoms with E-state index < -0.39 is 36.3 Å². The molecule has 0 aromatic rings. The summed E-state index contributed by atoms with van der Waals surface area (Å²) >= 11 is 0. The first kappa shape index (κ1) is 32.7. The zero-order chi connectivity index (χ0) is 26.5. The lowest BCUT2D eigenvalue weighted by Crippen LogP contribution is -2.45. The highest BCUT2D eigenvalue weighted by atomic mass is 32.2. The lowest BCUT2D eigenvalue weighted by molar-refractivity contribution is -0.0178. The molecule has 0 aliphatic carbocycles. The van der Waals surface area contributed by atoms with E-state index in [-0.39, 0.29) is 30.2 Å². The molecule has 0 saturated carbocycles. The Morgan fingerprint density at radius 1 is 0.758 bits per heavy atom. The Hall–Kier alpha value is -0.260. The molecule has 0 amide bonds. The predicted molar refractivity (Wildman–Crippen MR) is 137 cm³/mol. The van der Waals surface area contributed by atoms with E-state index in [1.807, 2.05) is 41.8 Å². The van der Waals surface area contributed by atoms with E-state index in [1.165, 1.54) is 10.6 Å². The molecule has 0 radical (unpaired) electrons. The molecule has 0 bridgehead atoms. The molecule has 0 fully saturated rings. The molecule has 0 N–H and O–H groups in total. The Balaban J connectivity index is 4.85. The first-order valence-corrected chi connectivity index (χ1v) is 15.1. The fourth-order valence-electron chi connectivity index (χ4n) is 3.49. The molecular formula is C23H50N2O6S2. The molecule has 33 heavy (non-hydrogen) atoms. The maximum atomic E-state index is 13.0. The Labute approximate surface area is 204 Å². The summed E-state index contributed by atoms with van der Waals surface area (Å²) < 4.78 is 62.3. The number of sulfonamides is 1. The van der Waals surface area contributed by atoms with Crippen LogP contribution in [0.5, 0.6) is 0 Å². The van der Waals surface area contributed by atoms with Crippen LogP contribution in [0.4, 0.5) is 0 Å². The van der Waals surface area contributed by atoms with Gasteiger partial charge in [-0.2, -0.15) is 0 Å². The van der Waals surface area contributed by atoms with Crippen molar-refractivity contribution in [2.24, 2.45) is 10.8 Å². The number of nitrogens with zero attached hydrogens (tertiary/aromatic N) is 2. The molecule has 0 aromatic heterocycles. The molecule has 0 atom stereocenters. The molecule has 0 aliphatic heterocycles. The minimum absolute atomic E-state index is 0.0361. The van der Waals surface area contributed by atoms with Gasteiger partial charge in [0.2, 0.25) is 10.0 Å². The molecule has 200 valence electrons. The van der Waals surface area contributed by atoms with Gasteiger partial charge in [0.1, 0.15) is 9.84 Å². The van der Waals surface area contributed by atoms with Gasteiger partial charge in [-0.15, -0.1) is 0 Å². The van der Waals surface area contributed by atoms with E-state index in [2.05, 4.69) is 18.7 Å². The van der Waals surface area contributed by atoms with Gasteiger partial charge in [0.25, 0.3) is 0 Å². The summed E-state index contributed by atoms with van der Waals surface area (Å²) in [6.45, 7) is 16.8. The second-order valence-electron chi connectivity index (χ2n) is 12.5. The lowest BCUT2D eigenvalue weighted by Gasteiger charge is -2.35. The average Bonchev–Trinajstić information content (AvgIpc) is 2.49. The highest BCUT2D eigenvalue weighted by Gasteiger charge is 2.34. The topological polar surface area (TPSA) is 93.2 Å². The van der Waals surface area contributed by atoms with Crippen LogP contribution in [-0.4, -0.2) is 102 Å². The molecule has 0 aromatic carbocycles. The number of sulfone groups is 1. The SMILES string of the molecule is CN(C)C(C)(C)CCOC(C)(C)CS(=O)(=O)N(C)CC(C)(C)COCC(C)(C)CS(C)(=O)=O. The first-order valence-electron chi connectivity index (χ1n) is 11.4. The van der Waals surface area contributed by atoms with Crippen LogP contribution in [0.3, 0.4) is 0 Å². The molecule has 10 heteroatoms. The summed E-state index contributed by atoms with van der Waals surface area (Å²) in [6.07, 6.45) is 2.01. The van der Waals surface area contributed by atoms with Gasteiger partial charge in [0, 0.05) is 42.8 Å². The number of hydrogen-bond donors (Lipinski definition) is 0. The van der Waals surface area contributed by atoms with E-state index in [0.717, 1.165) is 6.42 Å². The van der Waals surface area contributed by atoms with Crippen molar-refractivity contribution >= 4 is 19.9 Å². The van der Waals surface area contributed by atoms with Crippen molar-refractivity contribution in [2.75, 3.05) is 65.3 Å². The van der Waals surface area contributed by atoms with Crippen LogP contribution in [-0.2, 0) is 29.3 Å². The largest absolute Gasteiger partial charge is 0.380 e. The highest BCUT2D eigenvalue weighted by molar-refractivity contribution is 7.90. The minimum Gasteiger partial charge on any atom is -0.380 e.